The van der Waals surface area contributed by atoms with Crippen LogP contribution in [0.25, 0.3) is 0 Å². The third-order valence-corrected chi connectivity index (χ3v) is 6.80. The number of halogens is 1. The van der Waals surface area contributed by atoms with Crippen molar-refractivity contribution in [3.05, 3.63) is 60.4 Å². The summed E-state index contributed by atoms with van der Waals surface area (Å²) in [6.07, 6.45) is 2.46. The lowest BCUT2D eigenvalue weighted by Gasteiger charge is -2.31. The van der Waals surface area contributed by atoms with Crippen LogP contribution in [0.15, 0.2) is 59.5 Å². The first-order valence-corrected chi connectivity index (χ1v) is 10.5. The van der Waals surface area contributed by atoms with Crippen molar-refractivity contribution >= 4 is 21.6 Å². The lowest BCUT2D eigenvalue weighted by Crippen LogP contribution is -2.38. The molecule has 0 radical (unpaired) electrons. The van der Waals surface area contributed by atoms with E-state index in [1.807, 2.05) is 30.3 Å². The largest absolute Gasteiger partial charge is 0.326 e. The Kier molecular flexibility index (Phi) is 6.23. The molecular formula is C20H23FN2O3S. The van der Waals surface area contributed by atoms with Crippen LogP contribution in [-0.2, 0) is 14.8 Å². The molecule has 1 heterocycles. The van der Waals surface area contributed by atoms with Crippen molar-refractivity contribution in [3.63, 3.8) is 0 Å². The monoisotopic (exact) mass is 390 g/mol. The molecule has 1 aliphatic heterocycles. The minimum Gasteiger partial charge on any atom is -0.326 e. The van der Waals surface area contributed by atoms with Crippen molar-refractivity contribution in [3.8, 4) is 0 Å². The van der Waals surface area contributed by atoms with E-state index in [1.54, 1.807) is 0 Å². The topological polar surface area (TPSA) is 66.5 Å². The number of amides is 1. The van der Waals surface area contributed by atoms with Gasteiger partial charge in [-0.2, -0.15) is 4.31 Å². The van der Waals surface area contributed by atoms with Crippen molar-refractivity contribution in [2.75, 3.05) is 18.4 Å². The molecule has 0 saturated carbocycles. The summed E-state index contributed by atoms with van der Waals surface area (Å²) in [4.78, 5) is 11.8. The molecule has 0 aromatic heterocycles. The molecule has 0 aliphatic carbocycles. The van der Waals surface area contributed by atoms with Gasteiger partial charge in [-0.1, -0.05) is 30.3 Å². The smallest absolute Gasteiger partial charge is 0.245 e. The lowest BCUT2D eigenvalue weighted by atomic mass is 9.93. The second-order valence-electron chi connectivity index (χ2n) is 6.73. The van der Waals surface area contributed by atoms with Crippen LogP contribution in [-0.4, -0.2) is 31.7 Å². The van der Waals surface area contributed by atoms with Crippen LogP contribution >= 0.6 is 0 Å². The van der Waals surface area contributed by atoms with Gasteiger partial charge in [0.05, 0.1) is 0 Å². The highest BCUT2D eigenvalue weighted by molar-refractivity contribution is 7.89. The molecule has 1 amide bonds. The number of hydrogen-bond donors (Lipinski definition) is 1. The van der Waals surface area contributed by atoms with Gasteiger partial charge < -0.3 is 5.32 Å². The highest BCUT2D eigenvalue weighted by atomic mass is 32.2. The maximum Gasteiger partial charge on any atom is 0.245 e. The zero-order valence-corrected chi connectivity index (χ0v) is 15.8. The Morgan fingerprint density at radius 1 is 1.04 bits per heavy atom. The Morgan fingerprint density at radius 3 is 2.33 bits per heavy atom. The Hall–Kier alpha value is -2.25. The molecule has 0 unspecified atom stereocenters. The number of para-hydroxylation sites is 1. The molecular weight excluding hydrogens is 367 g/mol. The van der Waals surface area contributed by atoms with E-state index in [0.717, 1.165) is 11.8 Å². The van der Waals surface area contributed by atoms with Crippen LogP contribution in [0.3, 0.4) is 0 Å². The molecule has 2 aromatic carbocycles. The van der Waals surface area contributed by atoms with E-state index in [0.29, 0.717) is 44.7 Å². The van der Waals surface area contributed by atoms with Crippen molar-refractivity contribution < 1.29 is 17.6 Å². The fourth-order valence-corrected chi connectivity index (χ4v) is 4.85. The number of sulfonamides is 1. The van der Waals surface area contributed by atoms with Gasteiger partial charge in [0.15, 0.2) is 0 Å². The zero-order chi connectivity index (χ0) is 19.3. The molecule has 3 rings (SSSR count). The van der Waals surface area contributed by atoms with Gasteiger partial charge in [0, 0.05) is 25.2 Å². The predicted octanol–water partition coefficient (Wildman–Crippen LogP) is 3.65. The summed E-state index contributed by atoms with van der Waals surface area (Å²) in [6.45, 7) is 0.698. The molecule has 1 N–H and O–H groups in total. The number of carbonyl (C=O) groups is 1. The predicted molar refractivity (Wildman–Crippen MR) is 102 cm³/mol. The summed E-state index contributed by atoms with van der Waals surface area (Å²) in [6, 6.07) is 14.7. The highest BCUT2D eigenvalue weighted by Gasteiger charge is 2.31. The van der Waals surface area contributed by atoms with E-state index in [4.69, 9.17) is 0 Å². The first-order valence-electron chi connectivity index (χ1n) is 9.06. The molecule has 7 heteroatoms. The van der Waals surface area contributed by atoms with Gasteiger partial charge in [0.25, 0.3) is 0 Å². The summed E-state index contributed by atoms with van der Waals surface area (Å²) >= 11 is 0. The number of piperidine rings is 1. The van der Waals surface area contributed by atoms with Crippen LogP contribution in [0.2, 0.25) is 0 Å². The van der Waals surface area contributed by atoms with Gasteiger partial charge in [-0.25, -0.2) is 12.8 Å². The summed E-state index contributed by atoms with van der Waals surface area (Å²) in [5.41, 5.74) is 0.772. The minimum atomic E-state index is -3.81. The minimum absolute atomic E-state index is 0.0393. The number of anilines is 1. The van der Waals surface area contributed by atoms with Crippen LogP contribution in [0.5, 0.6) is 0 Å². The van der Waals surface area contributed by atoms with Gasteiger partial charge in [-0.15, -0.1) is 0 Å². The van der Waals surface area contributed by atoms with Gasteiger partial charge in [-0.3, -0.25) is 4.79 Å². The molecule has 0 bridgehead atoms. The molecule has 0 atom stereocenters. The number of nitrogens with one attached hydrogen (secondary N) is 1. The van der Waals surface area contributed by atoms with Crippen molar-refractivity contribution in [2.45, 2.75) is 30.6 Å². The number of rotatable bonds is 6. The third kappa shape index (κ3) is 4.93. The molecule has 27 heavy (non-hydrogen) atoms. The molecule has 1 fully saturated rings. The van der Waals surface area contributed by atoms with E-state index in [2.05, 4.69) is 5.32 Å². The molecule has 2 aromatic rings. The normalized spacial score (nSPS) is 16.2. The van der Waals surface area contributed by atoms with Crippen LogP contribution in [0.4, 0.5) is 10.1 Å². The number of nitrogens with zero attached hydrogens (tertiary/aromatic N) is 1. The maximum absolute atomic E-state index is 13.9. The molecule has 1 aliphatic rings. The summed E-state index contributed by atoms with van der Waals surface area (Å²) in [7, 11) is -3.81. The van der Waals surface area contributed by atoms with Gasteiger partial charge in [0.2, 0.25) is 15.9 Å². The molecule has 5 nitrogen and oxygen atoms in total. The summed E-state index contributed by atoms with van der Waals surface area (Å²) in [5, 5.41) is 2.86. The fourth-order valence-electron chi connectivity index (χ4n) is 3.31. The third-order valence-electron chi connectivity index (χ3n) is 4.87. The number of hydrogen-bond acceptors (Lipinski definition) is 3. The summed E-state index contributed by atoms with van der Waals surface area (Å²) in [5.74, 6) is -0.474. The fraction of sp³-hybridized carbons (Fsp3) is 0.350. The van der Waals surface area contributed by atoms with Crippen LogP contribution in [0, 0.1) is 11.7 Å². The summed E-state index contributed by atoms with van der Waals surface area (Å²) < 4.78 is 40.4. The standard InChI is InChI=1S/C20H23FN2O3S/c21-18-8-4-5-9-19(18)27(25,26)23-14-12-16(13-15-23)10-11-20(24)22-17-6-2-1-3-7-17/h1-9,16H,10-15H2,(H,22,24). The SMILES string of the molecule is O=C(CCC1CCN(S(=O)(=O)c2ccccc2F)CC1)Nc1ccccc1. The van der Waals surface area contributed by atoms with Crippen LogP contribution in [0.1, 0.15) is 25.7 Å². The van der Waals surface area contributed by atoms with Gasteiger partial charge in [0.1, 0.15) is 10.7 Å². The lowest BCUT2D eigenvalue weighted by molar-refractivity contribution is -0.116. The number of carbonyl (C=O) groups excluding carboxylic acids is 1. The first kappa shape index (κ1) is 19.5. The quantitative estimate of drug-likeness (QED) is 0.819. The van der Waals surface area contributed by atoms with E-state index >= 15 is 0 Å². The second kappa shape index (κ2) is 8.63. The van der Waals surface area contributed by atoms with E-state index < -0.39 is 15.8 Å². The molecule has 1 saturated heterocycles. The van der Waals surface area contributed by atoms with Crippen molar-refractivity contribution in [1.29, 1.82) is 0 Å². The Balaban J connectivity index is 1.49. The molecule has 0 spiro atoms. The molecule has 144 valence electrons. The van der Waals surface area contributed by atoms with Gasteiger partial charge >= 0.3 is 0 Å². The van der Waals surface area contributed by atoms with Gasteiger partial charge in [-0.05, 0) is 49.4 Å². The zero-order valence-electron chi connectivity index (χ0n) is 15.0. The Bertz CT molecular complexity index is 879. The number of benzene rings is 2. The maximum atomic E-state index is 13.9. The van der Waals surface area contributed by atoms with Crippen molar-refractivity contribution in [1.82, 2.24) is 4.31 Å². The van der Waals surface area contributed by atoms with Crippen molar-refractivity contribution in [2.24, 2.45) is 5.92 Å². The van der Waals surface area contributed by atoms with Crippen LogP contribution < -0.4 is 5.32 Å². The average Bonchev–Trinajstić information content (AvgIpc) is 2.68. The van der Waals surface area contributed by atoms with E-state index in [-0.39, 0.29) is 10.8 Å². The highest BCUT2D eigenvalue weighted by Crippen LogP contribution is 2.27. The second-order valence-corrected chi connectivity index (χ2v) is 8.64. The first-order chi connectivity index (χ1) is 13.0. The Labute approximate surface area is 159 Å². The average molecular weight is 390 g/mol. The Morgan fingerprint density at radius 2 is 1.67 bits per heavy atom. The van der Waals surface area contributed by atoms with E-state index in [9.17, 15) is 17.6 Å². The van der Waals surface area contributed by atoms with E-state index in [1.165, 1.54) is 22.5 Å².